The maximum Gasteiger partial charge on any atom is 0.332 e. The molecule has 5 rings (SSSR count). The first-order valence-electron chi connectivity index (χ1n) is 26.4. The molecule has 1 saturated heterocycles. The van der Waals surface area contributed by atoms with E-state index in [2.05, 4.69) is 31.9 Å². The van der Waals surface area contributed by atoms with Gasteiger partial charge in [-0.05, 0) is 81.8 Å². The maximum atomic E-state index is 14.9. The summed E-state index contributed by atoms with van der Waals surface area (Å²) in [5, 5.41) is 49.7. The minimum atomic E-state index is -1.92. The molecule has 9 N–H and O–H groups in total. The van der Waals surface area contributed by atoms with Gasteiger partial charge in [0.25, 0.3) is 0 Å². The molecule has 0 aromatic heterocycles. The molecule has 77 heavy (non-hydrogen) atoms. The van der Waals surface area contributed by atoms with Gasteiger partial charge in [0, 0.05) is 19.2 Å². The van der Waals surface area contributed by atoms with Crippen molar-refractivity contribution >= 4 is 47.4 Å². The van der Waals surface area contributed by atoms with E-state index in [1.54, 1.807) is 94.2 Å². The molecule has 22 nitrogen and oxygen atoms in total. The first-order chi connectivity index (χ1) is 36.4. The molecule has 3 heterocycles. The van der Waals surface area contributed by atoms with Crippen LogP contribution < -0.4 is 36.6 Å². The number of cyclic esters (lactones) is 1. The number of esters is 2. The number of amides is 6. The summed E-state index contributed by atoms with van der Waals surface area (Å²) in [5.74, 6) is -9.31. The molecule has 1 fully saturated rings. The maximum absolute atomic E-state index is 14.9. The van der Waals surface area contributed by atoms with Crippen molar-refractivity contribution in [2.75, 3.05) is 40.0 Å². The third-order valence-electron chi connectivity index (χ3n) is 13.9. The van der Waals surface area contributed by atoms with Crippen molar-refractivity contribution in [2.45, 2.75) is 154 Å². The number of likely N-dealkylation sites (N-methyl/N-ethyl adjacent to an activating group) is 1. The van der Waals surface area contributed by atoms with E-state index in [4.69, 9.17) is 18.9 Å². The van der Waals surface area contributed by atoms with Crippen LogP contribution in [0.2, 0.25) is 0 Å². The monoisotopic (exact) mass is 1080 g/mol. The van der Waals surface area contributed by atoms with Crippen LogP contribution >= 0.6 is 0 Å². The SMILES string of the molecule is CCCCOC[C@@]1(O)/C=C/C(=O)NCC(=O)OC[C@@H]2NC(=O)[C@@H]([C@@H](C)O)NC(=O)[C@H](Cc3ccccc3)N(C)C[C@@H](NC(=O)[C@@H](C(C)CC)NC(=O)[C@@H](NC(=O)[C@H](C)[C@H](O)C(C)C)[C@@H](C)OC2=O)c2ccc(cc2)O[C@@H]1C. The number of aliphatic hydroxyl groups excluding tert-OH is 2. The third kappa shape index (κ3) is 18.6. The van der Waals surface area contributed by atoms with Crippen LogP contribution in [0.15, 0.2) is 66.7 Å². The average molecular weight is 1080 g/mol. The zero-order valence-electron chi connectivity index (χ0n) is 45.9. The number of hydrogen-bond acceptors (Lipinski definition) is 16. The summed E-state index contributed by atoms with van der Waals surface area (Å²) in [6.07, 6.45) is -1.29. The Morgan fingerprint density at radius 2 is 1.47 bits per heavy atom. The Labute approximate surface area is 451 Å². The highest BCUT2D eigenvalue weighted by Gasteiger charge is 2.41. The van der Waals surface area contributed by atoms with Crippen molar-refractivity contribution in [3.8, 4) is 5.75 Å². The molecular formula is C55H81N7O15. The van der Waals surface area contributed by atoms with E-state index in [9.17, 15) is 53.7 Å². The number of fused-ring (bicyclic) bond motifs is 11. The van der Waals surface area contributed by atoms with Gasteiger partial charge in [0.1, 0.15) is 54.8 Å². The van der Waals surface area contributed by atoms with Gasteiger partial charge in [-0.15, -0.1) is 0 Å². The second-order valence-electron chi connectivity index (χ2n) is 20.5. The number of hydrogen-bond donors (Lipinski definition) is 9. The number of nitrogens with zero attached hydrogens (tertiary/aromatic N) is 1. The van der Waals surface area contributed by atoms with Gasteiger partial charge >= 0.3 is 11.9 Å². The van der Waals surface area contributed by atoms with Gasteiger partial charge in [-0.25, -0.2) is 4.79 Å². The molecule has 13 atom stereocenters. The molecule has 426 valence electrons. The first-order valence-corrected chi connectivity index (χ1v) is 26.4. The average Bonchev–Trinajstić information content (AvgIpc) is 3.39. The van der Waals surface area contributed by atoms with Gasteiger partial charge < -0.3 is 66.2 Å². The fourth-order valence-electron chi connectivity index (χ4n) is 8.51. The fourth-order valence-corrected chi connectivity index (χ4v) is 8.51. The van der Waals surface area contributed by atoms with Crippen LogP contribution in [-0.2, 0) is 59.0 Å². The second-order valence-corrected chi connectivity index (χ2v) is 20.5. The van der Waals surface area contributed by atoms with Crippen molar-refractivity contribution in [1.82, 2.24) is 36.8 Å². The van der Waals surface area contributed by atoms with Crippen molar-refractivity contribution in [1.29, 1.82) is 0 Å². The first kappa shape index (κ1) is 63.1. The summed E-state index contributed by atoms with van der Waals surface area (Å²) in [6, 6.07) is 6.75. The van der Waals surface area contributed by atoms with Gasteiger partial charge in [-0.1, -0.05) is 96.8 Å². The van der Waals surface area contributed by atoms with Gasteiger partial charge in [0.2, 0.25) is 35.4 Å². The van der Waals surface area contributed by atoms with Crippen LogP contribution in [0, 0.1) is 17.8 Å². The largest absolute Gasteiger partial charge is 0.487 e. The van der Waals surface area contributed by atoms with Crippen LogP contribution in [0.25, 0.3) is 0 Å². The van der Waals surface area contributed by atoms with E-state index in [0.717, 1.165) is 12.5 Å². The number of nitrogens with one attached hydrogen (secondary N) is 6. The van der Waals surface area contributed by atoms with Crippen LogP contribution in [0.1, 0.15) is 98.7 Å². The topological polar surface area (TPSA) is 310 Å². The highest BCUT2D eigenvalue weighted by Crippen LogP contribution is 2.26. The van der Waals surface area contributed by atoms with E-state index >= 15 is 0 Å². The van der Waals surface area contributed by atoms with Crippen LogP contribution in [0.4, 0.5) is 0 Å². The Hall–Kier alpha value is -6.46. The predicted octanol–water partition coefficient (Wildman–Crippen LogP) is 0.896. The molecule has 0 aliphatic carbocycles. The Kier molecular flexibility index (Phi) is 24.5. The quantitative estimate of drug-likeness (QED) is 0.0938. The molecule has 2 aromatic carbocycles. The molecule has 3 aliphatic rings. The smallest absolute Gasteiger partial charge is 0.332 e. The fraction of sp³-hybridized carbons (Fsp3) is 0.600. The molecule has 4 bridgehead atoms. The normalized spacial score (nSPS) is 28.1. The summed E-state index contributed by atoms with van der Waals surface area (Å²) >= 11 is 0. The number of carbonyl (C=O) groups excluding carboxylic acids is 8. The van der Waals surface area contributed by atoms with Crippen molar-refractivity contribution in [3.63, 3.8) is 0 Å². The van der Waals surface area contributed by atoms with Gasteiger partial charge in [0.05, 0.1) is 36.8 Å². The third-order valence-corrected chi connectivity index (χ3v) is 13.9. The number of aliphatic hydroxyl groups is 3. The lowest BCUT2D eigenvalue weighted by molar-refractivity contribution is -0.160. The molecule has 0 spiro atoms. The number of rotatable bonds is 14. The van der Waals surface area contributed by atoms with E-state index in [-0.39, 0.29) is 31.2 Å². The summed E-state index contributed by atoms with van der Waals surface area (Å²) in [4.78, 5) is 115. The van der Waals surface area contributed by atoms with Crippen molar-refractivity contribution in [2.24, 2.45) is 17.8 Å². The molecule has 0 saturated carbocycles. The molecule has 22 heteroatoms. The Balaban J connectivity index is 1.99. The van der Waals surface area contributed by atoms with E-state index in [1.807, 2.05) is 13.8 Å². The zero-order chi connectivity index (χ0) is 57.1. The summed E-state index contributed by atoms with van der Waals surface area (Å²) in [5.41, 5.74) is -0.685. The van der Waals surface area contributed by atoms with Crippen molar-refractivity contribution in [3.05, 3.63) is 77.9 Å². The zero-order valence-corrected chi connectivity index (χ0v) is 45.9. The second kappa shape index (κ2) is 29.9. The van der Waals surface area contributed by atoms with Gasteiger partial charge in [-0.2, -0.15) is 0 Å². The van der Waals surface area contributed by atoms with Gasteiger partial charge in [-0.3, -0.25) is 38.5 Å². The minimum absolute atomic E-state index is 0.0625. The molecular weight excluding hydrogens is 999 g/mol. The molecule has 6 amide bonds. The molecule has 3 aliphatic heterocycles. The van der Waals surface area contributed by atoms with Crippen LogP contribution in [0.3, 0.4) is 0 Å². The Bertz CT molecular complexity index is 2340. The number of benzene rings is 2. The molecule has 0 radical (unpaired) electrons. The van der Waals surface area contributed by atoms with Crippen LogP contribution in [0.5, 0.6) is 5.75 Å². The number of unbranched alkanes of at least 4 members (excludes halogenated alkanes) is 1. The summed E-state index contributed by atoms with van der Waals surface area (Å²) in [7, 11) is 1.63. The highest BCUT2D eigenvalue weighted by atomic mass is 16.6. The lowest BCUT2D eigenvalue weighted by atomic mass is 9.93. The van der Waals surface area contributed by atoms with E-state index in [1.165, 1.54) is 26.8 Å². The summed E-state index contributed by atoms with van der Waals surface area (Å²) < 4.78 is 23.2. The van der Waals surface area contributed by atoms with Crippen LogP contribution in [-0.4, -0.2) is 168 Å². The minimum Gasteiger partial charge on any atom is -0.487 e. The van der Waals surface area contributed by atoms with Crippen molar-refractivity contribution < 1.29 is 72.6 Å². The van der Waals surface area contributed by atoms with Gasteiger partial charge in [0.15, 0.2) is 6.04 Å². The highest BCUT2D eigenvalue weighted by molar-refractivity contribution is 5.95. The van der Waals surface area contributed by atoms with E-state index in [0.29, 0.717) is 30.6 Å². The van der Waals surface area contributed by atoms with E-state index < -0.39 is 139 Å². The molecule has 1 unspecified atom stereocenters. The Morgan fingerprint density at radius 1 is 0.831 bits per heavy atom. The summed E-state index contributed by atoms with van der Waals surface area (Å²) in [6.45, 7) is 12.6. The number of ether oxygens (including phenoxy) is 4. The lowest BCUT2D eigenvalue weighted by Gasteiger charge is -2.34. The lowest BCUT2D eigenvalue weighted by Crippen LogP contribution is -2.61. The molecule has 2 aromatic rings. The predicted molar refractivity (Wildman–Crippen MR) is 282 cm³/mol. The standard InChI is InChI=1S/C55H81N7O15/c1-11-13-25-74-30-55(73)24-23-43(64)56-27-44(65)75-29-41-54(72)76-35(8)47(61-49(67)33(6)48(66)31(3)4)53(71)59-45(32(5)12-2)51(69)57-40(38-19-21-39(22-20-38)77-36(55)9)28-62(10)42(26-37-17-15-14-16-18-37)50(68)60-46(34(7)63)52(70)58-41/h14-24,31-36,40-42,45-48,63,66,73H,11-13,25-30H2,1-10H3,(H,56,64)(H,57,69)(H,58,70)(H,59,71)(H,60,68)(H,61,67)/b24-23+/t32?,33-,34-,35-,36-,40-,41+,42+,45-,46-,47+,48-,55+/m1/s1. The Morgan fingerprint density at radius 3 is 2.09 bits per heavy atom. The number of carbonyl (C=O) groups is 8.